The first-order chi connectivity index (χ1) is 12.5. The average Bonchev–Trinajstić information content (AvgIpc) is 2.86. The van der Waals surface area contributed by atoms with Gasteiger partial charge in [0.2, 0.25) is 0 Å². The van der Waals surface area contributed by atoms with Gasteiger partial charge in [0.25, 0.3) is 5.69 Å². The largest absolute Gasteiger partial charge is 0.269 e. The van der Waals surface area contributed by atoms with Crippen LogP contribution in [-0.4, -0.2) is 4.92 Å². The zero-order valence-corrected chi connectivity index (χ0v) is 15.9. The van der Waals surface area contributed by atoms with Gasteiger partial charge in [-0.15, -0.1) is 0 Å². The monoisotopic (exact) mass is 349 g/mol. The Kier molecular flexibility index (Phi) is 5.26. The van der Waals surface area contributed by atoms with Gasteiger partial charge >= 0.3 is 0 Å². The van der Waals surface area contributed by atoms with E-state index in [4.69, 9.17) is 0 Å². The quantitative estimate of drug-likeness (QED) is 0.319. The Hall–Kier alpha value is -2.42. The molecule has 0 amide bonds. The number of allylic oxidation sites excluding steroid dienone is 1. The van der Waals surface area contributed by atoms with Gasteiger partial charge in [0, 0.05) is 17.5 Å². The molecule has 3 rings (SSSR count). The molecule has 0 bridgehead atoms. The zero-order chi connectivity index (χ0) is 18.7. The number of hydrogen-bond donors (Lipinski definition) is 0. The van der Waals surface area contributed by atoms with Crippen molar-refractivity contribution in [3.05, 3.63) is 80.9 Å². The summed E-state index contributed by atoms with van der Waals surface area (Å²) in [5, 5.41) is 11.0. The van der Waals surface area contributed by atoms with Crippen LogP contribution in [0, 0.1) is 10.1 Å². The third-order valence-corrected chi connectivity index (χ3v) is 5.57. The van der Waals surface area contributed by atoms with Crippen molar-refractivity contribution in [2.75, 3.05) is 0 Å². The normalized spacial score (nSPS) is 15.2. The van der Waals surface area contributed by atoms with Crippen LogP contribution in [0.1, 0.15) is 69.6 Å². The van der Waals surface area contributed by atoms with Crippen LogP contribution in [0.15, 0.2) is 54.1 Å². The van der Waals surface area contributed by atoms with Crippen LogP contribution >= 0.6 is 0 Å². The fourth-order valence-corrected chi connectivity index (χ4v) is 4.13. The smallest absolute Gasteiger partial charge is 0.258 e. The van der Waals surface area contributed by atoms with Crippen LogP contribution in [0.5, 0.6) is 0 Å². The number of benzene rings is 2. The van der Waals surface area contributed by atoms with Crippen LogP contribution in [0.25, 0.3) is 5.57 Å². The molecule has 0 aromatic heterocycles. The van der Waals surface area contributed by atoms with Crippen LogP contribution in [0.4, 0.5) is 5.69 Å². The summed E-state index contributed by atoms with van der Waals surface area (Å²) >= 11 is 0. The summed E-state index contributed by atoms with van der Waals surface area (Å²) in [5.41, 5.74) is 6.60. The highest BCUT2D eigenvalue weighted by atomic mass is 16.6. The van der Waals surface area contributed by atoms with Gasteiger partial charge in [-0.25, -0.2) is 0 Å². The SMILES string of the molecule is CCCCCCC1=C(c2ccc([N+](=O)[O-])cc2)c2ccccc2C1(C)C. The minimum Gasteiger partial charge on any atom is -0.258 e. The molecule has 0 radical (unpaired) electrons. The minimum atomic E-state index is -0.337. The van der Waals surface area contributed by atoms with Gasteiger partial charge in [0.1, 0.15) is 0 Å². The van der Waals surface area contributed by atoms with E-state index in [1.165, 1.54) is 48.0 Å². The lowest BCUT2D eigenvalue weighted by Gasteiger charge is -2.25. The Balaban J connectivity index is 2.06. The van der Waals surface area contributed by atoms with E-state index in [2.05, 4.69) is 45.0 Å². The number of nitro groups is 1. The summed E-state index contributed by atoms with van der Waals surface area (Å²) < 4.78 is 0. The number of nitrogens with zero attached hydrogens (tertiary/aromatic N) is 1. The lowest BCUT2D eigenvalue weighted by Crippen LogP contribution is -2.17. The maximum atomic E-state index is 11.0. The summed E-state index contributed by atoms with van der Waals surface area (Å²) in [6.07, 6.45) is 6.02. The van der Waals surface area contributed by atoms with Crippen LogP contribution in [-0.2, 0) is 5.41 Å². The third-order valence-electron chi connectivity index (χ3n) is 5.57. The lowest BCUT2D eigenvalue weighted by molar-refractivity contribution is -0.384. The summed E-state index contributed by atoms with van der Waals surface area (Å²) in [6.45, 7) is 6.84. The summed E-state index contributed by atoms with van der Waals surface area (Å²) in [7, 11) is 0. The van der Waals surface area contributed by atoms with Crippen molar-refractivity contribution in [3.8, 4) is 0 Å². The molecule has 0 atom stereocenters. The number of nitro benzene ring substituents is 1. The van der Waals surface area contributed by atoms with Gasteiger partial charge in [-0.3, -0.25) is 10.1 Å². The average molecular weight is 349 g/mol. The maximum Gasteiger partial charge on any atom is 0.269 e. The van der Waals surface area contributed by atoms with Gasteiger partial charge in [-0.05, 0) is 47.2 Å². The highest BCUT2D eigenvalue weighted by molar-refractivity contribution is 5.89. The molecule has 0 fully saturated rings. The Morgan fingerprint density at radius 3 is 2.31 bits per heavy atom. The summed E-state index contributed by atoms with van der Waals surface area (Å²) in [5.74, 6) is 0. The van der Waals surface area contributed by atoms with Gasteiger partial charge in [0.15, 0.2) is 0 Å². The Morgan fingerprint density at radius 1 is 0.962 bits per heavy atom. The molecule has 2 aromatic carbocycles. The molecule has 3 heteroatoms. The summed E-state index contributed by atoms with van der Waals surface area (Å²) in [6, 6.07) is 15.6. The molecule has 0 saturated carbocycles. The fraction of sp³-hybridized carbons (Fsp3) is 0.391. The molecule has 1 aliphatic carbocycles. The molecule has 0 unspecified atom stereocenters. The second-order valence-corrected chi connectivity index (χ2v) is 7.64. The molecule has 1 aliphatic rings. The zero-order valence-electron chi connectivity index (χ0n) is 15.9. The van der Waals surface area contributed by atoms with Crippen molar-refractivity contribution in [1.82, 2.24) is 0 Å². The lowest BCUT2D eigenvalue weighted by atomic mass is 9.79. The Morgan fingerprint density at radius 2 is 1.65 bits per heavy atom. The molecule has 0 N–H and O–H groups in total. The highest BCUT2D eigenvalue weighted by Gasteiger charge is 2.37. The van der Waals surface area contributed by atoms with Crippen LogP contribution in [0.3, 0.4) is 0 Å². The van der Waals surface area contributed by atoms with E-state index < -0.39 is 0 Å². The first-order valence-corrected chi connectivity index (χ1v) is 9.55. The van der Waals surface area contributed by atoms with E-state index >= 15 is 0 Å². The van der Waals surface area contributed by atoms with Crippen molar-refractivity contribution in [2.45, 2.75) is 58.3 Å². The van der Waals surface area contributed by atoms with E-state index in [1.54, 1.807) is 12.1 Å². The third kappa shape index (κ3) is 3.31. The van der Waals surface area contributed by atoms with E-state index in [9.17, 15) is 10.1 Å². The molecular formula is C23H27NO2. The van der Waals surface area contributed by atoms with E-state index in [1.807, 2.05) is 12.1 Å². The molecule has 3 nitrogen and oxygen atoms in total. The van der Waals surface area contributed by atoms with Crippen molar-refractivity contribution in [1.29, 1.82) is 0 Å². The second kappa shape index (κ2) is 7.45. The predicted octanol–water partition coefficient (Wildman–Crippen LogP) is 6.66. The molecule has 26 heavy (non-hydrogen) atoms. The fourth-order valence-electron chi connectivity index (χ4n) is 4.13. The van der Waals surface area contributed by atoms with Gasteiger partial charge < -0.3 is 0 Å². The molecule has 0 heterocycles. The number of non-ortho nitro benzene ring substituents is 1. The highest BCUT2D eigenvalue weighted by Crippen LogP contribution is 2.50. The molecule has 2 aromatic rings. The topological polar surface area (TPSA) is 43.1 Å². The van der Waals surface area contributed by atoms with Crippen LogP contribution in [0.2, 0.25) is 0 Å². The predicted molar refractivity (Wildman–Crippen MR) is 107 cm³/mol. The number of unbranched alkanes of at least 4 members (excludes halogenated alkanes) is 3. The Labute approximate surface area is 155 Å². The molecular weight excluding hydrogens is 322 g/mol. The molecule has 0 aliphatic heterocycles. The van der Waals surface area contributed by atoms with Gasteiger partial charge in [-0.2, -0.15) is 0 Å². The first kappa shape index (κ1) is 18.4. The van der Waals surface area contributed by atoms with Crippen molar-refractivity contribution in [2.24, 2.45) is 0 Å². The van der Waals surface area contributed by atoms with E-state index in [0.29, 0.717) is 0 Å². The number of rotatable bonds is 7. The number of hydrogen-bond acceptors (Lipinski definition) is 2. The van der Waals surface area contributed by atoms with Crippen molar-refractivity contribution >= 4 is 11.3 Å². The standard InChI is InChI=1S/C23H27NO2/c1-4-5-6-7-12-21-22(17-13-15-18(16-14-17)24(25)26)19-10-8-9-11-20(19)23(21,2)3/h8-11,13-16H,4-7,12H2,1-3H3. The Bertz CT molecular complexity index is 832. The van der Waals surface area contributed by atoms with Gasteiger partial charge in [-0.1, -0.05) is 69.9 Å². The van der Waals surface area contributed by atoms with Gasteiger partial charge in [0.05, 0.1) is 4.92 Å². The summed E-state index contributed by atoms with van der Waals surface area (Å²) in [4.78, 5) is 10.7. The molecule has 0 spiro atoms. The molecule has 136 valence electrons. The van der Waals surface area contributed by atoms with Crippen molar-refractivity contribution in [3.63, 3.8) is 0 Å². The van der Waals surface area contributed by atoms with Crippen molar-refractivity contribution < 1.29 is 4.92 Å². The van der Waals surface area contributed by atoms with E-state index in [0.717, 1.165) is 12.0 Å². The second-order valence-electron chi connectivity index (χ2n) is 7.64. The first-order valence-electron chi connectivity index (χ1n) is 9.55. The maximum absolute atomic E-state index is 11.0. The number of fused-ring (bicyclic) bond motifs is 1. The minimum absolute atomic E-state index is 0.0000831. The molecule has 0 saturated heterocycles. The van der Waals surface area contributed by atoms with Crippen LogP contribution < -0.4 is 0 Å². The van der Waals surface area contributed by atoms with E-state index in [-0.39, 0.29) is 16.0 Å².